The fourth-order valence-electron chi connectivity index (χ4n) is 2.15. The zero-order valence-corrected chi connectivity index (χ0v) is 15.4. The normalized spacial score (nSPS) is 11.2. The van der Waals surface area contributed by atoms with Gasteiger partial charge in [0.2, 0.25) is 0 Å². The number of hydrogen-bond donors (Lipinski definition) is 1. The Labute approximate surface area is 147 Å². The third-order valence-corrected chi connectivity index (χ3v) is 5.03. The minimum atomic E-state index is -3.85. The average molecular weight is 370 g/mol. The predicted octanol–water partition coefficient (Wildman–Crippen LogP) is 4.25. The molecule has 0 aliphatic rings. The lowest BCUT2D eigenvalue weighted by molar-refractivity contribution is 0.332. The van der Waals surface area contributed by atoms with Crippen molar-refractivity contribution in [3.8, 4) is 11.5 Å². The molecule has 0 aromatic heterocycles. The summed E-state index contributed by atoms with van der Waals surface area (Å²) in [5, 5.41) is 0.168. The Morgan fingerprint density at radius 2 is 1.75 bits per heavy atom. The third kappa shape index (κ3) is 4.33. The van der Waals surface area contributed by atoms with Crippen molar-refractivity contribution in [3.63, 3.8) is 0 Å². The van der Waals surface area contributed by atoms with E-state index >= 15 is 0 Å². The van der Waals surface area contributed by atoms with Crippen LogP contribution in [0.5, 0.6) is 11.5 Å². The molecule has 0 saturated heterocycles. The molecule has 7 heteroatoms. The first-order valence-corrected chi connectivity index (χ1v) is 9.42. The minimum Gasteiger partial charge on any atom is -0.494 e. The lowest BCUT2D eigenvalue weighted by Gasteiger charge is -2.15. The maximum Gasteiger partial charge on any atom is 0.263 e. The maximum atomic E-state index is 12.7. The van der Waals surface area contributed by atoms with Crippen LogP contribution in [0, 0.1) is 6.92 Å². The number of halogens is 1. The van der Waals surface area contributed by atoms with Crippen LogP contribution in [0.3, 0.4) is 0 Å². The Kier molecular flexibility index (Phi) is 5.96. The molecule has 0 spiro atoms. The van der Waals surface area contributed by atoms with Crippen LogP contribution >= 0.6 is 11.6 Å². The number of ether oxygens (including phenoxy) is 2. The minimum absolute atomic E-state index is 0.0130. The van der Waals surface area contributed by atoms with Gasteiger partial charge in [0.15, 0.2) is 0 Å². The van der Waals surface area contributed by atoms with E-state index in [1.807, 2.05) is 20.8 Å². The Bertz CT molecular complexity index is 821. The number of sulfonamides is 1. The molecule has 130 valence electrons. The van der Waals surface area contributed by atoms with E-state index in [9.17, 15) is 8.42 Å². The molecule has 1 N–H and O–H groups in total. The third-order valence-electron chi connectivity index (χ3n) is 3.18. The van der Waals surface area contributed by atoms with Crippen LogP contribution in [0.25, 0.3) is 0 Å². The Morgan fingerprint density at radius 3 is 2.38 bits per heavy atom. The van der Waals surface area contributed by atoms with E-state index in [1.54, 1.807) is 30.3 Å². The summed E-state index contributed by atoms with van der Waals surface area (Å²) in [6, 6.07) is 9.77. The molecule has 2 aromatic carbocycles. The smallest absolute Gasteiger partial charge is 0.263 e. The van der Waals surface area contributed by atoms with Crippen LogP contribution in [0.15, 0.2) is 41.3 Å². The summed E-state index contributed by atoms with van der Waals surface area (Å²) in [6.45, 7) is 6.41. The Morgan fingerprint density at radius 1 is 1.04 bits per heavy atom. The van der Waals surface area contributed by atoms with Crippen LogP contribution in [0.2, 0.25) is 5.02 Å². The second-order valence-corrected chi connectivity index (χ2v) is 7.12. The van der Waals surface area contributed by atoms with Gasteiger partial charge in [-0.1, -0.05) is 17.7 Å². The molecule has 5 nitrogen and oxygen atoms in total. The highest BCUT2D eigenvalue weighted by Crippen LogP contribution is 2.32. The summed E-state index contributed by atoms with van der Waals surface area (Å²) < 4.78 is 38.8. The highest BCUT2D eigenvalue weighted by Gasteiger charge is 2.20. The van der Waals surface area contributed by atoms with Crippen molar-refractivity contribution in [1.82, 2.24) is 0 Å². The summed E-state index contributed by atoms with van der Waals surface area (Å²) in [7, 11) is -3.85. The van der Waals surface area contributed by atoms with Crippen molar-refractivity contribution in [2.24, 2.45) is 0 Å². The Balaban J connectivity index is 2.42. The molecule has 0 aliphatic carbocycles. The van der Waals surface area contributed by atoms with Crippen LogP contribution in [-0.2, 0) is 10.0 Å². The zero-order chi connectivity index (χ0) is 17.7. The first-order chi connectivity index (χ1) is 11.4. The fraction of sp³-hybridized carbons (Fsp3) is 0.294. The highest BCUT2D eigenvalue weighted by molar-refractivity contribution is 7.92. The standard InChI is InChI=1S/C17H20ClNO4S/c1-4-22-13-7-8-16(23-5-2)15(11-13)19-24(20,21)17-9-6-12(3)10-14(17)18/h6-11,19H,4-5H2,1-3H3. The van der Waals surface area contributed by atoms with Gasteiger partial charge in [-0.2, -0.15) is 0 Å². The second kappa shape index (κ2) is 7.77. The van der Waals surface area contributed by atoms with E-state index in [4.69, 9.17) is 21.1 Å². The maximum absolute atomic E-state index is 12.7. The summed E-state index contributed by atoms with van der Waals surface area (Å²) in [4.78, 5) is 0.0130. The average Bonchev–Trinajstić information content (AvgIpc) is 2.49. The topological polar surface area (TPSA) is 64.6 Å². The molecular formula is C17H20ClNO4S. The monoisotopic (exact) mass is 369 g/mol. The number of nitrogens with one attached hydrogen (secondary N) is 1. The first kappa shape index (κ1) is 18.4. The molecule has 0 bridgehead atoms. The summed E-state index contributed by atoms with van der Waals surface area (Å²) in [5.74, 6) is 0.974. The molecule has 0 amide bonds. The molecule has 0 saturated carbocycles. The Hall–Kier alpha value is -1.92. The number of aryl methyl sites for hydroxylation is 1. The van der Waals surface area contributed by atoms with Crippen LogP contribution < -0.4 is 14.2 Å². The van der Waals surface area contributed by atoms with Crippen molar-refractivity contribution in [2.45, 2.75) is 25.7 Å². The SMILES string of the molecule is CCOc1ccc(OCC)c(NS(=O)(=O)c2ccc(C)cc2Cl)c1. The van der Waals surface area contributed by atoms with E-state index < -0.39 is 10.0 Å². The van der Waals surface area contributed by atoms with Gasteiger partial charge in [-0.3, -0.25) is 4.72 Å². The van der Waals surface area contributed by atoms with Crippen molar-refractivity contribution < 1.29 is 17.9 Å². The van der Waals surface area contributed by atoms with Gasteiger partial charge in [-0.25, -0.2) is 8.42 Å². The molecule has 0 heterocycles. The van der Waals surface area contributed by atoms with Gasteiger partial charge in [0, 0.05) is 6.07 Å². The zero-order valence-electron chi connectivity index (χ0n) is 13.8. The van der Waals surface area contributed by atoms with Gasteiger partial charge < -0.3 is 9.47 Å². The highest BCUT2D eigenvalue weighted by atomic mass is 35.5. The second-order valence-electron chi connectivity index (χ2n) is 5.06. The van der Waals surface area contributed by atoms with Gasteiger partial charge in [0.05, 0.1) is 23.9 Å². The largest absolute Gasteiger partial charge is 0.494 e. The van der Waals surface area contributed by atoms with Gasteiger partial charge in [0.25, 0.3) is 10.0 Å². The first-order valence-electron chi connectivity index (χ1n) is 7.56. The number of hydrogen-bond acceptors (Lipinski definition) is 4. The number of benzene rings is 2. The van der Waals surface area contributed by atoms with Crippen molar-refractivity contribution in [1.29, 1.82) is 0 Å². The van der Waals surface area contributed by atoms with Gasteiger partial charge in [0.1, 0.15) is 16.4 Å². The molecule has 2 rings (SSSR count). The quantitative estimate of drug-likeness (QED) is 0.792. The summed E-state index contributed by atoms with van der Waals surface area (Å²) in [5.41, 5.74) is 1.19. The molecule has 0 radical (unpaired) electrons. The van der Waals surface area contributed by atoms with Crippen molar-refractivity contribution in [3.05, 3.63) is 47.0 Å². The summed E-state index contributed by atoms with van der Waals surface area (Å²) in [6.07, 6.45) is 0. The van der Waals surface area contributed by atoms with Gasteiger partial charge >= 0.3 is 0 Å². The molecule has 0 aliphatic heterocycles. The summed E-state index contributed by atoms with van der Waals surface area (Å²) >= 11 is 6.09. The van der Waals surface area contributed by atoms with E-state index in [1.165, 1.54) is 6.07 Å². The molecular weight excluding hydrogens is 350 g/mol. The lowest BCUT2D eigenvalue weighted by Crippen LogP contribution is -2.14. The van der Waals surface area contributed by atoms with Gasteiger partial charge in [-0.05, 0) is 50.6 Å². The van der Waals surface area contributed by atoms with Crippen LogP contribution in [0.4, 0.5) is 5.69 Å². The van der Waals surface area contributed by atoms with E-state index in [0.29, 0.717) is 30.4 Å². The fourth-order valence-corrected chi connectivity index (χ4v) is 3.81. The van der Waals surface area contributed by atoms with E-state index in [-0.39, 0.29) is 9.92 Å². The van der Waals surface area contributed by atoms with Crippen molar-refractivity contribution in [2.75, 3.05) is 17.9 Å². The molecule has 0 atom stereocenters. The molecule has 0 unspecified atom stereocenters. The number of rotatable bonds is 7. The molecule has 0 fully saturated rings. The molecule has 2 aromatic rings. The van der Waals surface area contributed by atoms with E-state index in [2.05, 4.69) is 4.72 Å². The predicted molar refractivity (Wildman–Crippen MR) is 95.8 cm³/mol. The number of anilines is 1. The van der Waals surface area contributed by atoms with E-state index in [0.717, 1.165) is 5.56 Å². The van der Waals surface area contributed by atoms with Gasteiger partial charge in [-0.15, -0.1) is 0 Å². The van der Waals surface area contributed by atoms with Crippen molar-refractivity contribution >= 4 is 27.3 Å². The molecule has 24 heavy (non-hydrogen) atoms. The lowest BCUT2D eigenvalue weighted by atomic mass is 10.2. The van der Waals surface area contributed by atoms with Crippen LogP contribution in [0.1, 0.15) is 19.4 Å². The van der Waals surface area contributed by atoms with Crippen LogP contribution in [-0.4, -0.2) is 21.6 Å².